The summed E-state index contributed by atoms with van der Waals surface area (Å²) in [6, 6.07) is 5.55. The van der Waals surface area contributed by atoms with E-state index in [0.29, 0.717) is 0 Å². The normalized spacial score (nSPS) is 9.50. The summed E-state index contributed by atoms with van der Waals surface area (Å²) in [5.74, 6) is -1.84. The Morgan fingerprint density at radius 2 is 2.00 bits per heavy atom. The van der Waals surface area contributed by atoms with Gasteiger partial charge in [0.15, 0.2) is 0 Å². The zero-order valence-corrected chi connectivity index (χ0v) is 7.65. The zero-order valence-electron chi connectivity index (χ0n) is 7.65. The molecule has 4 heteroatoms. The van der Waals surface area contributed by atoms with Crippen molar-refractivity contribution in [3.63, 3.8) is 0 Å². The van der Waals surface area contributed by atoms with Crippen molar-refractivity contribution in [2.24, 2.45) is 0 Å². The van der Waals surface area contributed by atoms with Crippen LogP contribution in [0.25, 0.3) is 0 Å². The molecule has 1 aromatic carbocycles. The van der Waals surface area contributed by atoms with Gasteiger partial charge in [-0.3, -0.25) is 0 Å². The SMILES string of the molecule is CCOC(=O)c1cccc(C(=O)[O-])c1. The maximum atomic E-state index is 11.2. The van der Waals surface area contributed by atoms with Gasteiger partial charge in [-0.1, -0.05) is 12.1 Å². The van der Waals surface area contributed by atoms with E-state index in [9.17, 15) is 14.7 Å². The highest BCUT2D eigenvalue weighted by Crippen LogP contribution is 2.05. The molecule has 0 aromatic heterocycles. The van der Waals surface area contributed by atoms with Gasteiger partial charge in [0, 0.05) is 0 Å². The quantitative estimate of drug-likeness (QED) is 0.644. The molecule has 0 bridgehead atoms. The first-order valence-electron chi connectivity index (χ1n) is 4.13. The molecular weight excluding hydrogens is 184 g/mol. The largest absolute Gasteiger partial charge is 0.545 e. The molecule has 0 radical (unpaired) electrons. The molecule has 0 aliphatic carbocycles. The van der Waals surface area contributed by atoms with Crippen LogP contribution in [0.3, 0.4) is 0 Å². The van der Waals surface area contributed by atoms with E-state index in [2.05, 4.69) is 0 Å². The predicted octanol–water partition coefficient (Wildman–Crippen LogP) is 0.227. The van der Waals surface area contributed by atoms with Gasteiger partial charge >= 0.3 is 5.97 Å². The van der Waals surface area contributed by atoms with Crippen LogP contribution in [0.2, 0.25) is 0 Å². The van der Waals surface area contributed by atoms with Crippen LogP contribution in [0.4, 0.5) is 0 Å². The van der Waals surface area contributed by atoms with Crippen molar-refractivity contribution in [3.05, 3.63) is 35.4 Å². The number of hydrogen-bond acceptors (Lipinski definition) is 4. The van der Waals surface area contributed by atoms with Gasteiger partial charge in [0.25, 0.3) is 0 Å². The van der Waals surface area contributed by atoms with Crippen LogP contribution in [-0.4, -0.2) is 18.5 Å². The number of rotatable bonds is 3. The minimum absolute atomic E-state index is 0.0319. The van der Waals surface area contributed by atoms with E-state index in [0.717, 1.165) is 0 Å². The molecule has 14 heavy (non-hydrogen) atoms. The van der Waals surface area contributed by atoms with Gasteiger partial charge in [-0.15, -0.1) is 0 Å². The number of ether oxygens (including phenoxy) is 1. The molecule has 0 atom stereocenters. The van der Waals surface area contributed by atoms with Crippen molar-refractivity contribution in [1.82, 2.24) is 0 Å². The van der Waals surface area contributed by atoms with Gasteiger partial charge in [0.05, 0.1) is 18.1 Å². The van der Waals surface area contributed by atoms with Crippen molar-refractivity contribution in [2.75, 3.05) is 6.61 Å². The van der Waals surface area contributed by atoms with Gasteiger partial charge in [-0.2, -0.15) is 0 Å². The molecular formula is C10H9O4-. The number of aromatic carboxylic acids is 1. The predicted molar refractivity (Wildman–Crippen MR) is 46.7 cm³/mol. The lowest BCUT2D eigenvalue weighted by Crippen LogP contribution is -2.22. The summed E-state index contributed by atoms with van der Waals surface area (Å²) in [7, 11) is 0. The number of carboxylic acids is 1. The first-order chi connectivity index (χ1) is 6.65. The Morgan fingerprint density at radius 3 is 2.57 bits per heavy atom. The Kier molecular flexibility index (Phi) is 3.23. The van der Waals surface area contributed by atoms with E-state index in [1.807, 2.05) is 0 Å². The summed E-state index contributed by atoms with van der Waals surface area (Å²) in [5.41, 5.74) is 0.184. The Bertz CT molecular complexity index is 357. The average Bonchev–Trinajstić information content (AvgIpc) is 2.18. The number of carbonyl (C=O) groups excluding carboxylic acids is 2. The van der Waals surface area contributed by atoms with Crippen LogP contribution >= 0.6 is 0 Å². The van der Waals surface area contributed by atoms with E-state index >= 15 is 0 Å². The molecule has 0 spiro atoms. The molecule has 0 heterocycles. The molecule has 0 unspecified atom stereocenters. The molecule has 0 saturated heterocycles. The Balaban J connectivity index is 2.93. The highest BCUT2D eigenvalue weighted by atomic mass is 16.5. The molecule has 0 fully saturated rings. The van der Waals surface area contributed by atoms with E-state index in [-0.39, 0.29) is 17.7 Å². The summed E-state index contributed by atoms with van der Waals surface area (Å²) < 4.78 is 4.71. The third-order valence-corrected chi connectivity index (χ3v) is 1.61. The molecule has 0 aliphatic rings. The maximum Gasteiger partial charge on any atom is 0.338 e. The summed E-state index contributed by atoms with van der Waals surface area (Å²) in [4.78, 5) is 21.7. The van der Waals surface area contributed by atoms with Crippen molar-refractivity contribution >= 4 is 11.9 Å². The van der Waals surface area contributed by atoms with E-state index in [1.165, 1.54) is 24.3 Å². The second-order valence-electron chi connectivity index (χ2n) is 2.59. The lowest BCUT2D eigenvalue weighted by molar-refractivity contribution is -0.255. The number of esters is 1. The average molecular weight is 193 g/mol. The molecule has 0 saturated carbocycles. The van der Waals surface area contributed by atoms with Gasteiger partial charge in [-0.05, 0) is 24.6 Å². The Hall–Kier alpha value is -1.84. The fourth-order valence-corrected chi connectivity index (χ4v) is 0.988. The molecule has 74 valence electrons. The van der Waals surface area contributed by atoms with Crippen molar-refractivity contribution < 1.29 is 19.4 Å². The minimum Gasteiger partial charge on any atom is -0.545 e. The van der Waals surface area contributed by atoms with Crippen LogP contribution < -0.4 is 5.11 Å². The molecule has 1 aromatic rings. The van der Waals surface area contributed by atoms with Gasteiger partial charge < -0.3 is 14.6 Å². The van der Waals surface area contributed by atoms with Gasteiger partial charge in [0.1, 0.15) is 0 Å². The third-order valence-electron chi connectivity index (χ3n) is 1.61. The topological polar surface area (TPSA) is 66.4 Å². The number of carbonyl (C=O) groups is 2. The Labute approximate surface area is 81.1 Å². The molecule has 0 N–H and O–H groups in total. The van der Waals surface area contributed by atoms with E-state index < -0.39 is 11.9 Å². The highest BCUT2D eigenvalue weighted by Gasteiger charge is 2.06. The summed E-state index contributed by atoms with van der Waals surface area (Å²) in [6.45, 7) is 1.94. The molecule has 0 amide bonds. The van der Waals surface area contributed by atoms with Crippen LogP contribution in [0.1, 0.15) is 27.6 Å². The van der Waals surface area contributed by atoms with E-state index in [1.54, 1.807) is 6.92 Å². The van der Waals surface area contributed by atoms with Crippen LogP contribution in [0, 0.1) is 0 Å². The monoisotopic (exact) mass is 193 g/mol. The summed E-state index contributed by atoms with van der Waals surface area (Å²) in [5, 5.41) is 10.5. The van der Waals surface area contributed by atoms with Crippen molar-refractivity contribution in [2.45, 2.75) is 6.92 Å². The summed E-state index contributed by atoms with van der Waals surface area (Å²) in [6.07, 6.45) is 0. The van der Waals surface area contributed by atoms with Crippen LogP contribution in [0.5, 0.6) is 0 Å². The van der Waals surface area contributed by atoms with Gasteiger partial charge in [-0.25, -0.2) is 4.79 Å². The van der Waals surface area contributed by atoms with Gasteiger partial charge in [0.2, 0.25) is 0 Å². The molecule has 0 aliphatic heterocycles. The lowest BCUT2D eigenvalue weighted by Gasteiger charge is -2.05. The minimum atomic E-state index is -1.31. The number of carboxylic acid groups (broad SMARTS) is 1. The fraction of sp³-hybridized carbons (Fsp3) is 0.200. The van der Waals surface area contributed by atoms with Crippen LogP contribution in [-0.2, 0) is 4.74 Å². The maximum absolute atomic E-state index is 11.2. The lowest BCUT2D eigenvalue weighted by atomic mass is 10.1. The number of hydrogen-bond donors (Lipinski definition) is 0. The van der Waals surface area contributed by atoms with Crippen molar-refractivity contribution in [3.8, 4) is 0 Å². The van der Waals surface area contributed by atoms with E-state index in [4.69, 9.17) is 4.74 Å². The standard InChI is InChI=1S/C10H10O4/c1-2-14-10(13)8-5-3-4-7(6-8)9(11)12/h3-6H,2H2,1H3,(H,11,12)/p-1. The summed E-state index contributed by atoms with van der Waals surface area (Å²) >= 11 is 0. The second-order valence-corrected chi connectivity index (χ2v) is 2.59. The van der Waals surface area contributed by atoms with Crippen LogP contribution in [0.15, 0.2) is 24.3 Å². The fourth-order valence-electron chi connectivity index (χ4n) is 0.988. The highest BCUT2D eigenvalue weighted by molar-refractivity contribution is 5.93. The smallest absolute Gasteiger partial charge is 0.338 e. The second kappa shape index (κ2) is 4.41. The zero-order chi connectivity index (χ0) is 10.6. The third kappa shape index (κ3) is 2.32. The first-order valence-corrected chi connectivity index (χ1v) is 4.13. The number of benzene rings is 1. The molecule has 4 nitrogen and oxygen atoms in total. The first kappa shape index (κ1) is 10.2. The van der Waals surface area contributed by atoms with Crippen molar-refractivity contribution in [1.29, 1.82) is 0 Å². The molecule has 1 rings (SSSR count). The Morgan fingerprint density at radius 1 is 1.36 bits per heavy atom.